The van der Waals surface area contributed by atoms with Gasteiger partial charge in [0.25, 0.3) is 0 Å². The van der Waals surface area contributed by atoms with Gasteiger partial charge in [-0.2, -0.15) is 0 Å². The molecule has 21 heavy (non-hydrogen) atoms. The monoisotopic (exact) mass is 302 g/mol. The molecular formula is C17H19ClN2O. The highest BCUT2D eigenvalue weighted by Crippen LogP contribution is 2.10. The number of rotatable bonds is 7. The van der Waals surface area contributed by atoms with Crippen molar-refractivity contribution in [1.29, 1.82) is 0 Å². The molecule has 0 atom stereocenters. The highest BCUT2D eigenvalue weighted by molar-refractivity contribution is 6.30. The van der Waals surface area contributed by atoms with Gasteiger partial charge in [0.2, 0.25) is 5.91 Å². The number of halogens is 1. The number of carbonyl (C=O) groups is 1. The first-order valence-electron chi connectivity index (χ1n) is 7.00. The number of carbonyl (C=O) groups excluding carboxylic acids is 1. The Balaban J connectivity index is 1.61. The van der Waals surface area contributed by atoms with Gasteiger partial charge in [-0.15, -0.1) is 0 Å². The van der Waals surface area contributed by atoms with Crippen LogP contribution in [0.2, 0.25) is 5.02 Å². The molecule has 0 saturated carbocycles. The van der Waals surface area contributed by atoms with Crippen molar-refractivity contribution in [2.75, 3.05) is 13.1 Å². The van der Waals surface area contributed by atoms with Crippen LogP contribution >= 0.6 is 11.6 Å². The molecule has 0 saturated heterocycles. The van der Waals surface area contributed by atoms with Crippen LogP contribution in [0.25, 0.3) is 0 Å². The van der Waals surface area contributed by atoms with Gasteiger partial charge < -0.3 is 10.6 Å². The number of amides is 1. The van der Waals surface area contributed by atoms with E-state index >= 15 is 0 Å². The van der Waals surface area contributed by atoms with Crippen LogP contribution in [-0.2, 0) is 17.8 Å². The van der Waals surface area contributed by atoms with Crippen molar-refractivity contribution in [2.24, 2.45) is 0 Å². The first kappa shape index (κ1) is 15.5. The first-order valence-corrected chi connectivity index (χ1v) is 7.37. The van der Waals surface area contributed by atoms with Gasteiger partial charge in [0.1, 0.15) is 0 Å². The molecule has 1 amide bonds. The normalized spacial score (nSPS) is 10.3. The molecule has 2 rings (SSSR count). The lowest BCUT2D eigenvalue weighted by atomic mass is 10.1. The van der Waals surface area contributed by atoms with Crippen LogP contribution < -0.4 is 10.6 Å². The summed E-state index contributed by atoms with van der Waals surface area (Å²) in [6.45, 7) is 1.64. The molecule has 0 unspecified atom stereocenters. The lowest BCUT2D eigenvalue weighted by molar-refractivity contribution is -0.120. The Labute approximate surface area is 130 Å². The van der Waals surface area contributed by atoms with E-state index in [2.05, 4.69) is 10.6 Å². The van der Waals surface area contributed by atoms with Gasteiger partial charge in [-0.25, -0.2) is 0 Å². The molecule has 2 aromatic rings. The molecule has 0 aliphatic carbocycles. The zero-order valence-corrected chi connectivity index (χ0v) is 12.6. The van der Waals surface area contributed by atoms with Crippen molar-refractivity contribution in [1.82, 2.24) is 10.6 Å². The minimum absolute atomic E-state index is 0.00458. The Morgan fingerprint density at radius 3 is 2.52 bits per heavy atom. The third-order valence-electron chi connectivity index (χ3n) is 3.10. The highest BCUT2D eigenvalue weighted by Gasteiger charge is 2.01. The Hall–Kier alpha value is -1.84. The van der Waals surface area contributed by atoms with E-state index in [4.69, 9.17) is 11.6 Å². The predicted octanol–water partition coefficient (Wildman–Crippen LogP) is 2.79. The van der Waals surface area contributed by atoms with Crippen LogP contribution in [-0.4, -0.2) is 19.0 Å². The second-order valence-electron chi connectivity index (χ2n) is 4.82. The smallest absolute Gasteiger partial charge is 0.234 e. The molecule has 0 bridgehead atoms. The van der Waals surface area contributed by atoms with E-state index in [1.165, 1.54) is 5.56 Å². The lowest BCUT2D eigenvalue weighted by Crippen LogP contribution is -2.34. The zero-order valence-electron chi connectivity index (χ0n) is 11.8. The molecule has 0 aromatic heterocycles. The molecule has 110 valence electrons. The van der Waals surface area contributed by atoms with Gasteiger partial charge in [0.15, 0.2) is 0 Å². The fraction of sp³-hybridized carbons (Fsp3) is 0.235. The summed E-state index contributed by atoms with van der Waals surface area (Å²) in [7, 11) is 0. The van der Waals surface area contributed by atoms with Crippen molar-refractivity contribution in [3.05, 3.63) is 70.7 Å². The molecule has 2 N–H and O–H groups in total. The van der Waals surface area contributed by atoms with Gasteiger partial charge in [0.05, 0.1) is 6.54 Å². The topological polar surface area (TPSA) is 41.1 Å². The standard InChI is InChI=1S/C17H19ClN2O/c18-16-8-4-7-14(11-16)9-10-19-13-17(21)20-12-15-5-2-1-3-6-15/h1-8,11,19H,9-10,12-13H2,(H,20,21). The van der Waals surface area contributed by atoms with Crippen molar-refractivity contribution < 1.29 is 4.79 Å². The van der Waals surface area contributed by atoms with Crippen LogP contribution in [0.3, 0.4) is 0 Å². The number of benzene rings is 2. The van der Waals surface area contributed by atoms with E-state index < -0.39 is 0 Å². The molecular weight excluding hydrogens is 284 g/mol. The third-order valence-corrected chi connectivity index (χ3v) is 3.33. The second-order valence-corrected chi connectivity index (χ2v) is 5.26. The first-order chi connectivity index (χ1) is 10.2. The van der Waals surface area contributed by atoms with E-state index in [1.54, 1.807) is 0 Å². The van der Waals surface area contributed by atoms with Crippen molar-refractivity contribution in [3.63, 3.8) is 0 Å². The molecule has 0 aliphatic heterocycles. The largest absolute Gasteiger partial charge is 0.351 e. The van der Waals surface area contributed by atoms with Crippen molar-refractivity contribution in [3.8, 4) is 0 Å². The van der Waals surface area contributed by atoms with E-state index in [0.29, 0.717) is 13.1 Å². The van der Waals surface area contributed by atoms with Crippen LogP contribution in [0.4, 0.5) is 0 Å². The Morgan fingerprint density at radius 2 is 1.76 bits per heavy atom. The molecule has 0 radical (unpaired) electrons. The number of hydrogen-bond donors (Lipinski definition) is 2. The summed E-state index contributed by atoms with van der Waals surface area (Å²) in [5, 5.41) is 6.76. The van der Waals surface area contributed by atoms with Crippen LogP contribution in [0, 0.1) is 0 Å². The van der Waals surface area contributed by atoms with Gasteiger partial charge in [0, 0.05) is 11.6 Å². The Morgan fingerprint density at radius 1 is 1.00 bits per heavy atom. The maximum absolute atomic E-state index is 11.7. The summed E-state index contributed by atoms with van der Waals surface area (Å²) in [5.41, 5.74) is 2.27. The fourth-order valence-electron chi connectivity index (χ4n) is 1.99. The van der Waals surface area contributed by atoms with E-state index in [1.807, 2.05) is 54.6 Å². The van der Waals surface area contributed by atoms with Crippen molar-refractivity contribution >= 4 is 17.5 Å². The Bertz CT molecular complexity index is 572. The zero-order chi connectivity index (χ0) is 14.9. The SMILES string of the molecule is O=C(CNCCc1cccc(Cl)c1)NCc1ccccc1. The van der Waals surface area contributed by atoms with Crippen LogP contribution in [0.1, 0.15) is 11.1 Å². The number of hydrogen-bond acceptors (Lipinski definition) is 2. The van der Waals surface area contributed by atoms with Crippen LogP contribution in [0.15, 0.2) is 54.6 Å². The van der Waals surface area contributed by atoms with E-state index in [-0.39, 0.29) is 5.91 Å². The minimum Gasteiger partial charge on any atom is -0.351 e. The molecule has 3 nitrogen and oxygen atoms in total. The third kappa shape index (κ3) is 5.98. The summed E-state index contributed by atoms with van der Waals surface area (Å²) in [6, 6.07) is 17.6. The summed E-state index contributed by atoms with van der Waals surface area (Å²) in [5.74, 6) is 0.00458. The Kier molecular flexibility index (Phi) is 6.25. The van der Waals surface area contributed by atoms with Crippen LogP contribution in [0.5, 0.6) is 0 Å². The van der Waals surface area contributed by atoms with Gasteiger partial charge in [-0.05, 0) is 36.2 Å². The average molecular weight is 303 g/mol. The van der Waals surface area contributed by atoms with E-state index in [0.717, 1.165) is 23.6 Å². The van der Waals surface area contributed by atoms with Crippen molar-refractivity contribution in [2.45, 2.75) is 13.0 Å². The average Bonchev–Trinajstić information content (AvgIpc) is 2.51. The second kappa shape index (κ2) is 8.45. The molecule has 0 aliphatic rings. The fourth-order valence-corrected chi connectivity index (χ4v) is 2.20. The van der Waals surface area contributed by atoms with Gasteiger partial charge in [-0.1, -0.05) is 54.1 Å². The maximum atomic E-state index is 11.7. The quantitative estimate of drug-likeness (QED) is 0.772. The molecule has 0 spiro atoms. The molecule has 0 heterocycles. The lowest BCUT2D eigenvalue weighted by Gasteiger charge is -2.07. The van der Waals surface area contributed by atoms with E-state index in [9.17, 15) is 4.79 Å². The van der Waals surface area contributed by atoms with Gasteiger partial charge in [-0.3, -0.25) is 4.79 Å². The molecule has 0 fully saturated rings. The minimum atomic E-state index is 0.00458. The molecule has 4 heteroatoms. The summed E-state index contributed by atoms with van der Waals surface area (Å²) >= 11 is 5.92. The summed E-state index contributed by atoms with van der Waals surface area (Å²) in [6.07, 6.45) is 0.854. The molecule has 2 aromatic carbocycles. The highest BCUT2D eigenvalue weighted by atomic mass is 35.5. The number of nitrogens with one attached hydrogen (secondary N) is 2. The predicted molar refractivity (Wildman–Crippen MR) is 86.3 cm³/mol. The summed E-state index contributed by atoms with van der Waals surface area (Å²) in [4.78, 5) is 11.7. The summed E-state index contributed by atoms with van der Waals surface area (Å²) < 4.78 is 0. The maximum Gasteiger partial charge on any atom is 0.234 e. The van der Waals surface area contributed by atoms with Gasteiger partial charge >= 0.3 is 0 Å².